The molecule has 1 aliphatic heterocycles. The van der Waals surface area contributed by atoms with Crippen LogP contribution in [-0.4, -0.2) is 33.6 Å². The first-order chi connectivity index (χ1) is 12.7. The maximum Gasteiger partial charge on any atom is 0.293 e. The van der Waals surface area contributed by atoms with Crippen molar-refractivity contribution < 1.29 is 0 Å². The quantitative estimate of drug-likeness (QED) is 0.787. The van der Waals surface area contributed by atoms with Gasteiger partial charge in [-0.05, 0) is 35.2 Å². The molecule has 0 spiro atoms. The topological polar surface area (TPSA) is 50.2 Å². The maximum absolute atomic E-state index is 12.1. The number of piperidine rings is 1. The van der Waals surface area contributed by atoms with E-state index in [2.05, 4.69) is 57.7 Å². The zero-order valence-electron chi connectivity index (χ0n) is 15.1. The molecule has 5 nitrogen and oxygen atoms in total. The van der Waals surface area contributed by atoms with Crippen molar-refractivity contribution >= 4 is 16.6 Å². The van der Waals surface area contributed by atoms with Crippen LogP contribution in [0, 0.1) is 0 Å². The molecule has 1 aliphatic rings. The number of likely N-dealkylation sites (tertiary alicyclic amines) is 1. The van der Waals surface area contributed by atoms with E-state index in [1.807, 2.05) is 0 Å². The van der Waals surface area contributed by atoms with Gasteiger partial charge in [0.2, 0.25) is 0 Å². The fourth-order valence-electron chi connectivity index (χ4n) is 3.62. The number of anilines is 1. The summed E-state index contributed by atoms with van der Waals surface area (Å²) in [6.45, 7) is 3.03. The van der Waals surface area contributed by atoms with Gasteiger partial charge in [0, 0.05) is 45.1 Å². The minimum atomic E-state index is -0.0638. The lowest BCUT2D eigenvalue weighted by Gasteiger charge is -2.32. The Morgan fingerprint density at radius 2 is 1.88 bits per heavy atom. The molecule has 2 aromatic carbocycles. The van der Waals surface area contributed by atoms with Crippen LogP contribution in [0.25, 0.3) is 10.8 Å². The number of benzene rings is 2. The summed E-state index contributed by atoms with van der Waals surface area (Å²) in [5.74, 6) is 0.461. The lowest BCUT2D eigenvalue weighted by atomic mass is 10.0. The van der Waals surface area contributed by atoms with Gasteiger partial charge in [0.15, 0.2) is 5.82 Å². The minimum Gasteiger partial charge on any atom is -0.363 e. The van der Waals surface area contributed by atoms with E-state index in [1.165, 1.54) is 16.3 Å². The minimum absolute atomic E-state index is 0.0638. The van der Waals surface area contributed by atoms with Crippen molar-refractivity contribution in [3.63, 3.8) is 0 Å². The highest BCUT2D eigenvalue weighted by Crippen LogP contribution is 2.19. The van der Waals surface area contributed by atoms with Gasteiger partial charge in [-0.15, -0.1) is 0 Å². The third-order valence-corrected chi connectivity index (χ3v) is 5.17. The van der Waals surface area contributed by atoms with Crippen molar-refractivity contribution in [2.24, 2.45) is 7.05 Å². The molecule has 0 saturated carbocycles. The van der Waals surface area contributed by atoms with E-state index in [-0.39, 0.29) is 5.56 Å². The van der Waals surface area contributed by atoms with E-state index in [1.54, 1.807) is 24.0 Å². The molecule has 0 atom stereocenters. The lowest BCUT2D eigenvalue weighted by molar-refractivity contribution is 0.211. The van der Waals surface area contributed by atoms with E-state index in [0.29, 0.717) is 11.9 Å². The fraction of sp³-hybridized carbons (Fsp3) is 0.333. The molecule has 1 fully saturated rings. The van der Waals surface area contributed by atoms with E-state index in [4.69, 9.17) is 0 Å². The number of nitrogens with one attached hydrogen (secondary N) is 1. The molecular formula is C21H24N4O. The predicted molar refractivity (Wildman–Crippen MR) is 105 cm³/mol. The summed E-state index contributed by atoms with van der Waals surface area (Å²) in [7, 11) is 1.75. The highest BCUT2D eigenvalue weighted by Gasteiger charge is 2.20. The standard InChI is InChI=1S/C21H24N4O/c1-24-13-10-22-20(21(24)26)23-19-8-11-25(12-9-19)15-16-6-7-17-4-2-3-5-18(17)14-16/h2-7,10,13-14,19H,8-9,11-12,15H2,1H3,(H,22,23). The number of rotatable bonds is 4. The first-order valence-corrected chi connectivity index (χ1v) is 9.17. The van der Waals surface area contributed by atoms with E-state index in [0.717, 1.165) is 32.5 Å². The number of hydrogen-bond acceptors (Lipinski definition) is 4. The monoisotopic (exact) mass is 348 g/mol. The second-order valence-electron chi connectivity index (χ2n) is 7.07. The smallest absolute Gasteiger partial charge is 0.293 e. The molecule has 0 unspecified atom stereocenters. The Labute approximate surface area is 153 Å². The van der Waals surface area contributed by atoms with Crippen molar-refractivity contribution in [3.8, 4) is 0 Å². The highest BCUT2D eigenvalue weighted by molar-refractivity contribution is 5.82. The van der Waals surface area contributed by atoms with Crippen LogP contribution < -0.4 is 10.9 Å². The van der Waals surface area contributed by atoms with Gasteiger partial charge >= 0.3 is 0 Å². The molecule has 0 aliphatic carbocycles. The molecule has 0 amide bonds. The number of aromatic nitrogens is 2. The first kappa shape index (κ1) is 16.8. The summed E-state index contributed by atoms with van der Waals surface area (Å²) in [5.41, 5.74) is 1.29. The molecule has 3 aromatic rings. The molecule has 1 aromatic heterocycles. The van der Waals surface area contributed by atoms with E-state index in [9.17, 15) is 4.79 Å². The summed E-state index contributed by atoms with van der Waals surface area (Å²) in [6, 6.07) is 15.5. The molecule has 134 valence electrons. The van der Waals surface area contributed by atoms with Gasteiger partial charge in [-0.25, -0.2) is 4.98 Å². The van der Waals surface area contributed by atoms with Crippen LogP contribution >= 0.6 is 0 Å². The zero-order valence-corrected chi connectivity index (χ0v) is 15.1. The highest BCUT2D eigenvalue weighted by atomic mass is 16.1. The maximum atomic E-state index is 12.1. The van der Waals surface area contributed by atoms with Crippen molar-refractivity contribution in [1.82, 2.24) is 14.5 Å². The molecule has 2 heterocycles. The predicted octanol–water partition coefficient (Wildman–Crippen LogP) is 3.01. The number of aryl methyl sites for hydroxylation is 1. The number of fused-ring (bicyclic) bond motifs is 1. The van der Waals surface area contributed by atoms with E-state index < -0.39 is 0 Å². The Hall–Kier alpha value is -2.66. The Morgan fingerprint density at radius 1 is 1.12 bits per heavy atom. The van der Waals surface area contributed by atoms with Crippen LogP contribution in [0.5, 0.6) is 0 Å². The first-order valence-electron chi connectivity index (χ1n) is 9.17. The lowest BCUT2D eigenvalue weighted by Crippen LogP contribution is -2.40. The molecule has 0 bridgehead atoms. The SMILES string of the molecule is Cn1ccnc(NC2CCN(Cc3ccc4ccccc4c3)CC2)c1=O. The van der Waals surface area contributed by atoms with E-state index >= 15 is 0 Å². The molecule has 26 heavy (non-hydrogen) atoms. The van der Waals surface area contributed by atoms with Crippen LogP contribution in [0.1, 0.15) is 18.4 Å². The van der Waals surface area contributed by atoms with Crippen molar-refractivity contribution in [1.29, 1.82) is 0 Å². The molecule has 0 radical (unpaired) electrons. The van der Waals surface area contributed by atoms with Crippen LogP contribution in [-0.2, 0) is 13.6 Å². The van der Waals surface area contributed by atoms with Crippen LogP contribution in [0.4, 0.5) is 5.82 Å². The van der Waals surface area contributed by atoms with Gasteiger partial charge in [-0.2, -0.15) is 0 Å². The Morgan fingerprint density at radius 3 is 2.69 bits per heavy atom. The van der Waals surface area contributed by atoms with Crippen molar-refractivity contribution in [2.45, 2.75) is 25.4 Å². The zero-order chi connectivity index (χ0) is 17.9. The second-order valence-corrected chi connectivity index (χ2v) is 7.07. The van der Waals surface area contributed by atoms with Gasteiger partial charge in [0.25, 0.3) is 5.56 Å². The van der Waals surface area contributed by atoms with Gasteiger partial charge in [0.1, 0.15) is 0 Å². The van der Waals surface area contributed by atoms with Crippen LogP contribution in [0.2, 0.25) is 0 Å². The summed E-state index contributed by atoms with van der Waals surface area (Å²) in [5, 5.41) is 5.91. The average molecular weight is 348 g/mol. The largest absolute Gasteiger partial charge is 0.363 e. The van der Waals surface area contributed by atoms with Gasteiger partial charge in [-0.3, -0.25) is 9.69 Å². The summed E-state index contributed by atoms with van der Waals surface area (Å²) < 4.78 is 1.56. The Bertz CT molecular complexity index is 957. The summed E-state index contributed by atoms with van der Waals surface area (Å²) in [4.78, 5) is 18.8. The summed E-state index contributed by atoms with van der Waals surface area (Å²) in [6.07, 6.45) is 5.39. The third-order valence-electron chi connectivity index (χ3n) is 5.17. The summed E-state index contributed by atoms with van der Waals surface area (Å²) >= 11 is 0. The average Bonchev–Trinajstić information content (AvgIpc) is 2.67. The Balaban J connectivity index is 1.35. The van der Waals surface area contributed by atoms with Crippen LogP contribution in [0.15, 0.2) is 59.7 Å². The van der Waals surface area contributed by atoms with Crippen molar-refractivity contribution in [2.75, 3.05) is 18.4 Å². The van der Waals surface area contributed by atoms with Gasteiger partial charge < -0.3 is 9.88 Å². The molecule has 4 rings (SSSR count). The van der Waals surface area contributed by atoms with Gasteiger partial charge in [0.05, 0.1) is 0 Å². The second kappa shape index (κ2) is 7.30. The normalized spacial score (nSPS) is 16.0. The molecular weight excluding hydrogens is 324 g/mol. The van der Waals surface area contributed by atoms with Crippen molar-refractivity contribution in [3.05, 3.63) is 70.8 Å². The number of hydrogen-bond donors (Lipinski definition) is 1. The van der Waals surface area contributed by atoms with Gasteiger partial charge in [-0.1, -0.05) is 36.4 Å². The molecule has 5 heteroatoms. The van der Waals surface area contributed by atoms with Crippen LogP contribution in [0.3, 0.4) is 0 Å². The third kappa shape index (κ3) is 3.63. The number of nitrogens with zero attached hydrogens (tertiary/aromatic N) is 3. The fourth-order valence-corrected chi connectivity index (χ4v) is 3.62. The molecule has 1 saturated heterocycles. The molecule has 1 N–H and O–H groups in total. The Kier molecular flexibility index (Phi) is 4.71.